The van der Waals surface area contributed by atoms with Gasteiger partial charge < -0.3 is 10.8 Å². The minimum absolute atomic E-state index is 0.102. The fraction of sp³-hybridized carbons (Fsp3) is 0.250. The van der Waals surface area contributed by atoms with Crippen molar-refractivity contribution >= 4 is 52.2 Å². The molecule has 1 saturated heterocycles. The summed E-state index contributed by atoms with van der Waals surface area (Å²) in [6, 6.07) is 6.29. The molecule has 126 valence electrons. The molecule has 2 amide bonds. The van der Waals surface area contributed by atoms with Crippen molar-refractivity contribution in [3.63, 3.8) is 0 Å². The van der Waals surface area contributed by atoms with Crippen LogP contribution in [0.5, 0.6) is 0 Å². The van der Waals surface area contributed by atoms with E-state index in [1.807, 2.05) is 31.2 Å². The van der Waals surface area contributed by atoms with E-state index in [0.29, 0.717) is 4.91 Å². The van der Waals surface area contributed by atoms with Gasteiger partial charge in [0.05, 0.1) is 11.3 Å². The molecule has 0 spiro atoms. The Morgan fingerprint density at radius 2 is 2.00 bits per heavy atom. The molecule has 6 nitrogen and oxygen atoms in total. The number of aliphatic carboxylic acids is 1. The average Bonchev–Trinajstić information content (AvgIpc) is 2.79. The molecule has 3 N–H and O–H groups in total. The SMILES string of the molecule is CCc1ccc(/C=C2\SC(=S)N(C(CC(N)=O)C(=O)O)C2=O)cc1. The van der Waals surface area contributed by atoms with Crippen LogP contribution in [0.15, 0.2) is 29.2 Å². The molecule has 1 heterocycles. The molecule has 24 heavy (non-hydrogen) atoms. The summed E-state index contributed by atoms with van der Waals surface area (Å²) in [7, 11) is 0. The van der Waals surface area contributed by atoms with Gasteiger partial charge in [0.15, 0.2) is 0 Å². The van der Waals surface area contributed by atoms with Crippen molar-refractivity contribution in [1.29, 1.82) is 0 Å². The Balaban J connectivity index is 2.27. The van der Waals surface area contributed by atoms with Crippen LogP contribution in [0.3, 0.4) is 0 Å². The Hall–Kier alpha value is -2.19. The van der Waals surface area contributed by atoms with E-state index in [4.69, 9.17) is 18.0 Å². The van der Waals surface area contributed by atoms with Crippen molar-refractivity contribution in [2.45, 2.75) is 25.8 Å². The summed E-state index contributed by atoms with van der Waals surface area (Å²) in [5.41, 5.74) is 7.06. The van der Waals surface area contributed by atoms with Gasteiger partial charge in [-0.3, -0.25) is 14.5 Å². The van der Waals surface area contributed by atoms with Crippen LogP contribution in [0.1, 0.15) is 24.5 Å². The number of hydrogen-bond donors (Lipinski definition) is 2. The number of carboxylic acid groups (broad SMARTS) is 1. The molecule has 8 heteroatoms. The highest BCUT2D eigenvalue weighted by atomic mass is 32.2. The summed E-state index contributed by atoms with van der Waals surface area (Å²) in [5, 5.41) is 9.26. The van der Waals surface area contributed by atoms with Crippen molar-refractivity contribution in [2.24, 2.45) is 5.73 Å². The van der Waals surface area contributed by atoms with Crippen molar-refractivity contribution < 1.29 is 19.5 Å². The summed E-state index contributed by atoms with van der Waals surface area (Å²) in [4.78, 5) is 36.2. The number of nitrogens with two attached hydrogens (primary N) is 1. The Labute approximate surface area is 148 Å². The second kappa shape index (κ2) is 7.59. The Morgan fingerprint density at radius 1 is 1.38 bits per heavy atom. The van der Waals surface area contributed by atoms with Crippen LogP contribution in [-0.2, 0) is 20.8 Å². The maximum absolute atomic E-state index is 12.5. The molecule has 1 atom stereocenters. The van der Waals surface area contributed by atoms with Gasteiger partial charge in [-0.15, -0.1) is 0 Å². The van der Waals surface area contributed by atoms with Crippen molar-refractivity contribution in [1.82, 2.24) is 4.90 Å². The average molecular weight is 364 g/mol. The van der Waals surface area contributed by atoms with E-state index in [0.717, 1.165) is 28.6 Å². The monoisotopic (exact) mass is 364 g/mol. The summed E-state index contributed by atoms with van der Waals surface area (Å²) >= 11 is 6.12. The zero-order chi connectivity index (χ0) is 17.9. The van der Waals surface area contributed by atoms with Gasteiger partial charge in [-0.25, -0.2) is 4.79 Å². The van der Waals surface area contributed by atoms with E-state index in [1.165, 1.54) is 5.56 Å². The third-order valence-electron chi connectivity index (χ3n) is 3.50. The summed E-state index contributed by atoms with van der Waals surface area (Å²) < 4.78 is 0.102. The van der Waals surface area contributed by atoms with Crippen LogP contribution >= 0.6 is 24.0 Å². The second-order valence-corrected chi connectivity index (χ2v) is 6.85. The number of thiocarbonyl (C=S) groups is 1. The molecule has 0 aromatic heterocycles. The van der Waals surface area contributed by atoms with Gasteiger partial charge in [0.25, 0.3) is 5.91 Å². The first kappa shape index (κ1) is 18.2. The fourth-order valence-corrected chi connectivity index (χ4v) is 3.59. The first-order chi connectivity index (χ1) is 11.3. The number of rotatable bonds is 6. The van der Waals surface area contributed by atoms with Gasteiger partial charge in [0.1, 0.15) is 10.4 Å². The third-order valence-corrected chi connectivity index (χ3v) is 4.83. The number of carbonyl (C=O) groups is 3. The van der Waals surface area contributed by atoms with E-state index >= 15 is 0 Å². The van der Waals surface area contributed by atoms with Crippen LogP contribution < -0.4 is 5.73 Å². The first-order valence-corrected chi connectivity index (χ1v) is 8.43. The molecule has 2 rings (SSSR count). The summed E-state index contributed by atoms with van der Waals surface area (Å²) in [6.07, 6.45) is 2.08. The van der Waals surface area contributed by atoms with Crippen LogP contribution in [0.4, 0.5) is 0 Å². The molecule has 1 aromatic carbocycles. The van der Waals surface area contributed by atoms with E-state index in [-0.39, 0.29) is 4.32 Å². The van der Waals surface area contributed by atoms with Crippen LogP contribution in [0, 0.1) is 0 Å². The van der Waals surface area contributed by atoms with Crippen molar-refractivity contribution in [2.75, 3.05) is 0 Å². The molecule has 1 fully saturated rings. The molecule has 0 radical (unpaired) electrons. The van der Waals surface area contributed by atoms with E-state index in [1.54, 1.807) is 6.08 Å². The quantitative estimate of drug-likeness (QED) is 0.589. The van der Waals surface area contributed by atoms with Gasteiger partial charge in [-0.1, -0.05) is 55.2 Å². The lowest BCUT2D eigenvalue weighted by Gasteiger charge is -2.21. The van der Waals surface area contributed by atoms with Gasteiger partial charge in [0, 0.05) is 0 Å². The Kier molecular flexibility index (Phi) is 5.74. The number of hydrogen-bond acceptors (Lipinski definition) is 5. The summed E-state index contributed by atoms with van der Waals surface area (Å²) in [5.74, 6) is -2.66. The molecular weight excluding hydrogens is 348 g/mol. The zero-order valence-electron chi connectivity index (χ0n) is 12.9. The molecule has 0 aliphatic carbocycles. The number of thioether (sulfide) groups is 1. The molecule has 0 bridgehead atoms. The molecule has 1 unspecified atom stereocenters. The normalized spacial score (nSPS) is 17.4. The van der Waals surface area contributed by atoms with Crippen molar-refractivity contribution in [3.8, 4) is 0 Å². The Morgan fingerprint density at radius 3 is 2.50 bits per heavy atom. The second-order valence-electron chi connectivity index (χ2n) is 5.17. The molecule has 1 aliphatic heterocycles. The molecule has 0 saturated carbocycles. The van der Waals surface area contributed by atoms with Gasteiger partial charge in [0.2, 0.25) is 5.91 Å². The molecule has 1 aliphatic rings. The number of benzene rings is 1. The smallest absolute Gasteiger partial charge is 0.327 e. The largest absolute Gasteiger partial charge is 0.480 e. The van der Waals surface area contributed by atoms with Gasteiger partial charge >= 0.3 is 5.97 Å². The number of aryl methyl sites for hydroxylation is 1. The van der Waals surface area contributed by atoms with Crippen LogP contribution in [-0.4, -0.2) is 38.2 Å². The number of nitrogens with zero attached hydrogens (tertiary/aromatic N) is 1. The van der Waals surface area contributed by atoms with E-state index in [2.05, 4.69) is 0 Å². The third kappa shape index (κ3) is 4.01. The number of carbonyl (C=O) groups excluding carboxylic acids is 2. The fourth-order valence-electron chi connectivity index (χ4n) is 2.23. The lowest BCUT2D eigenvalue weighted by Crippen LogP contribution is -2.46. The highest BCUT2D eigenvalue weighted by molar-refractivity contribution is 8.26. The maximum atomic E-state index is 12.5. The lowest BCUT2D eigenvalue weighted by molar-refractivity contribution is -0.146. The molecule has 1 aromatic rings. The highest BCUT2D eigenvalue weighted by Crippen LogP contribution is 2.34. The van der Waals surface area contributed by atoms with Crippen molar-refractivity contribution in [3.05, 3.63) is 40.3 Å². The number of amides is 2. The molecular formula is C16H16N2O4S2. The topological polar surface area (TPSA) is 101 Å². The zero-order valence-corrected chi connectivity index (χ0v) is 14.5. The van der Waals surface area contributed by atoms with Gasteiger partial charge in [-0.2, -0.15) is 0 Å². The standard InChI is InChI=1S/C16H16N2O4S2/c1-2-9-3-5-10(6-4-9)7-12-14(20)18(16(23)24-12)11(15(21)22)8-13(17)19/h3-7,11H,2,8H2,1H3,(H2,17,19)(H,21,22)/b12-7-. The minimum Gasteiger partial charge on any atom is -0.480 e. The van der Waals surface area contributed by atoms with E-state index < -0.39 is 30.2 Å². The van der Waals surface area contributed by atoms with E-state index in [9.17, 15) is 19.5 Å². The number of carboxylic acids is 1. The first-order valence-electron chi connectivity index (χ1n) is 7.20. The maximum Gasteiger partial charge on any atom is 0.327 e. The summed E-state index contributed by atoms with van der Waals surface area (Å²) in [6.45, 7) is 2.05. The predicted molar refractivity (Wildman–Crippen MR) is 96.1 cm³/mol. The Bertz CT molecular complexity index is 728. The highest BCUT2D eigenvalue weighted by Gasteiger charge is 2.41. The van der Waals surface area contributed by atoms with Gasteiger partial charge in [-0.05, 0) is 23.6 Å². The van der Waals surface area contributed by atoms with Crippen LogP contribution in [0.2, 0.25) is 0 Å². The predicted octanol–water partition coefficient (Wildman–Crippen LogP) is 1.78. The lowest BCUT2D eigenvalue weighted by atomic mass is 10.1. The number of primary amides is 1. The minimum atomic E-state index is -1.39. The van der Waals surface area contributed by atoms with Crippen LogP contribution in [0.25, 0.3) is 6.08 Å².